The Morgan fingerprint density at radius 3 is 2.68 bits per heavy atom. The Labute approximate surface area is 124 Å². The molecule has 2 aromatic rings. The van der Waals surface area contributed by atoms with Crippen molar-refractivity contribution < 1.29 is 22.4 Å². The van der Waals surface area contributed by atoms with Gasteiger partial charge in [0.1, 0.15) is 0 Å². The first-order valence-corrected chi connectivity index (χ1v) is 6.77. The molecule has 120 valence electrons. The van der Waals surface area contributed by atoms with Crippen molar-refractivity contribution in [2.75, 3.05) is 6.61 Å². The van der Waals surface area contributed by atoms with Gasteiger partial charge in [-0.2, -0.15) is 23.3 Å². The van der Waals surface area contributed by atoms with E-state index in [9.17, 15) is 13.2 Å². The number of rotatable bonds is 2. The van der Waals surface area contributed by atoms with E-state index in [1.807, 2.05) is 13.8 Å². The van der Waals surface area contributed by atoms with E-state index < -0.39 is 17.5 Å². The predicted octanol–water partition coefficient (Wildman–Crippen LogP) is 2.77. The van der Waals surface area contributed by atoms with E-state index in [4.69, 9.17) is 9.26 Å². The maximum absolute atomic E-state index is 13.1. The van der Waals surface area contributed by atoms with Crippen molar-refractivity contribution in [2.45, 2.75) is 38.0 Å². The molecule has 1 saturated heterocycles. The molecule has 1 aliphatic heterocycles. The van der Waals surface area contributed by atoms with Gasteiger partial charge in [0.05, 0.1) is 23.3 Å². The van der Waals surface area contributed by atoms with Crippen molar-refractivity contribution in [3.63, 3.8) is 0 Å². The normalized spacial score (nSPS) is 21.5. The zero-order valence-electron chi connectivity index (χ0n) is 12.3. The van der Waals surface area contributed by atoms with Crippen molar-refractivity contribution in [3.05, 3.63) is 17.7 Å². The largest absolute Gasteiger partial charge is 0.433 e. The van der Waals surface area contributed by atoms with Gasteiger partial charge >= 0.3 is 6.18 Å². The average molecular weight is 316 g/mol. The number of halogens is 3. The SMILES string of the molecule is Cn1ncc(-c2nc(C3CCOC3(C)C)no2)c1C(F)(F)F. The van der Waals surface area contributed by atoms with Crippen LogP contribution in [0.2, 0.25) is 0 Å². The summed E-state index contributed by atoms with van der Waals surface area (Å²) in [6.07, 6.45) is -2.77. The summed E-state index contributed by atoms with van der Waals surface area (Å²) in [7, 11) is 1.22. The molecule has 22 heavy (non-hydrogen) atoms. The van der Waals surface area contributed by atoms with E-state index >= 15 is 0 Å². The lowest BCUT2D eigenvalue weighted by atomic mass is 9.90. The molecule has 0 saturated carbocycles. The molecule has 2 aromatic heterocycles. The Balaban J connectivity index is 1.99. The number of ether oxygens (including phenoxy) is 1. The molecule has 0 N–H and O–H groups in total. The van der Waals surface area contributed by atoms with Gasteiger partial charge in [0, 0.05) is 13.7 Å². The van der Waals surface area contributed by atoms with Gasteiger partial charge in [0.15, 0.2) is 11.5 Å². The van der Waals surface area contributed by atoms with Crippen LogP contribution in [0.3, 0.4) is 0 Å². The summed E-state index contributed by atoms with van der Waals surface area (Å²) in [6, 6.07) is 0. The third kappa shape index (κ3) is 2.39. The summed E-state index contributed by atoms with van der Waals surface area (Å²) in [6.45, 7) is 4.35. The first kappa shape index (κ1) is 15.0. The topological polar surface area (TPSA) is 66.0 Å². The van der Waals surface area contributed by atoms with Crippen LogP contribution in [0.1, 0.15) is 37.7 Å². The van der Waals surface area contributed by atoms with Crippen molar-refractivity contribution in [2.24, 2.45) is 7.05 Å². The van der Waals surface area contributed by atoms with E-state index in [1.165, 1.54) is 7.05 Å². The van der Waals surface area contributed by atoms with Gasteiger partial charge < -0.3 is 9.26 Å². The molecule has 3 rings (SSSR count). The van der Waals surface area contributed by atoms with E-state index in [1.54, 1.807) is 0 Å². The van der Waals surface area contributed by atoms with Crippen LogP contribution in [-0.2, 0) is 18.0 Å². The zero-order chi connectivity index (χ0) is 16.1. The van der Waals surface area contributed by atoms with Crippen molar-refractivity contribution >= 4 is 0 Å². The fraction of sp³-hybridized carbons (Fsp3) is 0.615. The van der Waals surface area contributed by atoms with Crippen LogP contribution in [0.15, 0.2) is 10.7 Å². The van der Waals surface area contributed by atoms with E-state index in [-0.39, 0.29) is 17.4 Å². The summed E-state index contributed by atoms with van der Waals surface area (Å²) in [5.74, 6) is 0.0589. The van der Waals surface area contributed by atoms with E-state index in [2.05, 4.69) is 15.2 Å². The van der Waals surface area contributed by atoms with E-state index in [0.29, 0.717) is 18.9 Å². The number of alkyl halides is 3. The molecule has 9 heteroatoms. The lowest BCUT2D eigenvalue weighted by molar-refractivity contribution is -0.143. The van der Waals surface area contributed by atoms with Crippen LogP contribution in [0, 0.1) is 0 Å². The molecular weight excluding hydrogens is 301 g/mol. The van der Waals surface area contributed by atoms with E-state index in [0.717, 1.165) is 10.9 Å². The highest BCUT2D eigenvalue weighted by Crippen LogP contribution is 2.40. The highest BCUT2D eigenvalue weighted by molar-refractivity contribution is 5.56. The standard InChI is InChI=1S/C13H15F3N4O2/c1-12(2)8(4-5-21-12)10-18-11(22-19-10)7-6-17-20(3)9(7)13(14,15)16/h6,8H,4-5H2,1-3H3. The van der Waals surface area contributed by atoms with Gasteiger partial charge in [-0.25, -0.2) is 0 Å². The Morgan fingerprint density at radius 1 is 1.36 bits per heavy atom. The molecule has 3 heterocycles. The summed E-state index contributed by atoms with van der Waals surface area (Å²) in [5, 5.41) is 7.47. The van der Waals surface area contributed by atoms with Crippen LogP contribution >= 0.6 is 0 Å². The number of hydrogen-bond donors (Lipinski definition) is 0. The highest BCUT2D eigenvalue weighted by Gasteiger charge is 2.42. The number of aryl methyl sites for hydroxylation is 1. The van der Waals surface area contributed by atoms with Crippen LogP contribution in [0.4, 0.5) is 13.2 Å². The molecule has 0 bridgehead atoms. The van der Waals surface area contributed by atoms with Crippen LogP contribution in [0.25, 0.3) is 11.5 Å². The van der Waals surface area contributed by atoms with Gasteiger partial charge in [0.2, 0.25) is 0 Å². The van der Waals surface area contributed by atoms with Gasteiger partial charge in [-0.15, -0.1) is 0 Å². The number of hydrogen-bond acceptors (Lipinski definition) is 5. The molecule has 1 unspecified atom stereocenters. The third-order valence-corrected chi connectivity index (χ3v) is 3.91. The van der Waals surface area contributed by atoms with Gasteiger partial charge in [-0.05, 0) is 20.3 Å². The second kappa shape index (κ2) is 4.80. The second-order valence-corrected chi connectivity index (χ2v) is 5.78. The van der Waals surface area contributed by atoms with Crippen LogP contribution < -0.4 is 0 Å². The van der Waals surface area contributed by atoms with Crippen LogP contribution in [0.5, 0.6) is 0 Å². The summed E-state index contributed by atoms with van der Waals surface area (Å²) >= 11 is 0. The minimum atomic E-state index is -4.55. The Hall–Kier alpha value is -1.90. The predicted molar refractivity (Wildman–Crippen MR) is 68.9 cm³/mol. The molecule has 0 aromatic carbocycles. The quantitative estimate of drug-likeness (QED) is 0.852. The Morgan fingerprint density at radius 2 is 2.09 bits per heavy atom. The fourth-order valence-corrected chi connectivity index (χ4v) is 2.74. The smallest absolute Gasteiger partial charge is 0.375 e. The summed E-state index contributed by atoms with van der Waals surface area (Å²) in [5.41, 5.74) is -1.60. The molecule has 6 nitrogen and oxygen atoms in total. The van der Waals surface area contributed by atoms with Gasteiger partial charge in [-0.3, -0.25) is 4.68 Å². The average Bonchev–Trinajstić information content (AvgIpc) is 3.05. The summed E-state index contributed by atoms with van der Waals surface area (Å²) in [4.78, 5) is 4.13. The molecule has 0 radical (unpaired) electrons. The van der Waals surface area contributed by atoms with Crippen molar-refractivity contribution in [3.8, 4) is 11.5 Å². The molecule has 0 spiro atoms. The minimum Gasteiger partial charge on any atom is -0.375 e. The first-order valence-electron chi connectivity index (χ1n) is 6.77. The maximum atomic E-state index is 13.1. The lowest BCUT2D eigenvalue weighted by Crippen LogP contribution is -2.26. The third-order valence-electron chi connectivity index (χ3n) is 3.91. The second-order valence-electron chi connectivity index (χ2n) is 5.78. The molecular formula is C13H15F3N4O2. The molecule has 1 aliphatic rings. The van der Waals surface area contributed by atoms with Crippen molar-refractivity contribution in [1.29, 1.82) is 0 Å². The van der Waals surface area contributed by atoms with Crippen molar-refractivity contribution in [1.82, 2.24) is 19.9 Å². The van der Waals surface area contributed by atoms with Crippen LogP contribution in [-0.4, -0.2) is 32.1 Å². The maximum Gasteiger partial charge on any atom is 0.433 e. The number of nitrogens with zero attached hydrogens (tertiary/aromatic N) is 4. The monoisotopic (exact) mass is 316 g/mol. The molecule has 1 atom stereocenters. The molecule has 0 amide bonds. The minimum absolute atomic E-state index is 0.115. The molecule has 1 fully saturated rings. The van der Waals surface area contributed by atoms with Gasteiger partial charge in [0.25, 0.3) is 5.89 Å². The Kier molecular flexibility index (Phi) is 3.28. The summed E-state index contributed by atoms with van der Waals surface area (Å²) < 4.78 is 50.6. The van der Waals surface area contributed by atoms with Gasteiger partial charge in [-0.1, -0.05) is 5.16 Å². The first-order chi connectivity index (χ1) is 10.2. The zero-order valence-corrected chi connectivity index (χ0v) is 12.3. The Bertz CT molecular complexity index is 690. The fourth-order valence-electron chi connectivity index (χ4n) is 2.74. The lowest BCUT2D eigenvalue weighted by Gasteiger charge is -2.22. The highest BCUT2D eigenvalue weighted by atomic mass is 19.4. The molecule has 0 aliphatic carbocycles. The number of aromatic nitrogens is 4.